The third-order valence-corrected chi connectivity index (χ3v) is 5.72. The molecule has 0 aromatic carbocycles. The summed E-state index contributed by atoms with van der Waals surface area (Å²) in [7, 11) is -2.54. The predicted octanol–water partition coefficient (Wildman–Crippen LogP) is 2.05. The van der Waals surface area contributed by atoms with Crippen molar-refractivity contribution in [3.8, 4) is 0 Å². The van der Waals surface area contributed by atoms with E-state index in [1.807, 2.05) is 20.8 Å². The van der Waals surface area contributed by atoms with Gasteiger partial charge in [0, 0.05) is 32.1 Å². The van der Waals surface area contributed by atoms with Crippen LogP contribution < -0.4 is 4.72 Å². The van der Waals surface area contributed by atoms with Crippen molar-refractivity contribution in [2.45, 2.75) is 39.7 Å². The van der Waals surface area contributed by atoms with Gasteiger partial charge >= 0.3 is 8.80 Å². The first-order chi connectivity index (χ1) is 9.10. The second kappa shape index (κ2) is 11.6. The molecule has 0 aliphatic rings. The van der Waals surface area contributed by atoms with Gasteiger partial charge in [0.1, 0.15) is 0 Å². The van der Waals surface area contributed by atoms with Crippen LogP contribution in [0.15, 0.2) is 12.3 Å². The second-order valence-corrected chi connectivity index (χ2v) is 7.11. The molecule has 0 aromatic rings. The summed E-state index contributed by atoms with van der Waals surface area (Å²) in [4.78, 5) is 0. The van der Waals surface area contributed by atoms with Crippen molar-refractivity contribution in [2.75, 3.05) is 19.8 Å². The van der Waals surface area contributed by atoms with Crippen LogP contribution in [0.1, 0.15) is 33.6 Å². The zero-order chi connectivity index (χ0) is 14.6. The lowest BCUT2D eigenvalue weighted by molar-refractivity contribution is 0.0709. The molecule has 0 saturated carbocycles. The number of unbranched alkanes of at least 4 members (excludes halogenated alkanes) is 1. The summed E-state index contributed by atoms with van der Waals surface area (Å²) >= 11 is -2.00. The molecule has 6 nitrogen and oxygen atoms in total. The van der Waals surface area contributed by atoms with Crippen LogP contribution in [0.5, 0.6) is 0 Å². The van der Waals surface area contributed by atoms with E-state index in [2.05, 4.69) is 4.72 Å². The molecule has 1 unspecified atom stereocenters. The van der Waals surface area contributed by atoms with Gasteiger partial charge in [0.15, 0.2) is 0 Å². The molecule has 0 rings (SSSR count). The summed E-state index contributed by atoms with van der Waals surface area (Å²) in [5, 5.41) is 0. The van der Waals surface area contributed by atoms with E-state index in [0.29, 0.717) is 19.8 Å². The number of nitrogens with one attached hydrogen (secondary N) is 1. The molecule has 0 radical (unpaired) electrons. The number of allylic oxidation sites excluding steroid dienone is 1. The van der Waals surface area contributed by atoms with E-state index in [1.165, 1.54) is 6.20 Å². The predicted molar refractivity (Wildman–Crippen MR) is 77.7 cm³/mol. The van der Waals surface area contributed by atoms with Crippen molar-refractivity contribution in [2.24, 2.45) is 0 Å². The van der Waals surface area contributed by atoms with Crippen LogP contribution in [0.2, 0.25) is 6.04 Å². The van der Waals surface area contributed by atoms with Gasteiger partial charge in [0.2, 0.25) is 0 Å². The molecule has 0 amide bonds. The molecule has 114 valence electrons. The molecule has 0 aliphatic heterocycles. The summed E-state index contributed by atoms with van der Waals surface area (Å²) in [6, 6.07) is 0.745. The minimum absolute atomic E-state index is 0.576. The molecular formula is C11H25NO5SSi. The number of hydrogen-bond donors (Lipinski definition) is 2. The first-order valence-electron chi connectivity index (χ1n) is 6.54. The van der Waals surface area contributed by atoms with Gasteiger partial charge in [-0.1, -0.05) is 6.08 Å². The summed E-state index contributed by atoms with van der Waals surface area (Å²) in [5.41, 5.74) is 0. The molecule has 0 bridgehead atoms. The summed E-state index contributed by atoms with van der Waals surface area (Å²) in [6.07, 6.45) is 4.90. The minimum Gasteiger partial charge on any atom is -0.374 e. The van der Waals surface area contributed by atoms with Crippen LogP contribution in [0.25, 0.3) is 0 Å². The Bertz CT molecular complexity index is 261. The number of hydrogen-bond acceptors (Lipinski definition) is 4. The van der Waals surface area contributed by atoms with Gasteiger partial charge in [-0.3, -0.25) is 9.27 Å². The lowest BCUT2D eigenvalue weighted by Gasteiger charge is -2.28. The van der Waals surface area contributed by atoms with Crippen molar-refractivity contribution in [1.82, 2.24) is 4.72 Å². The zero-order valence-electron chi connectivity index (χ0n) is 11.9. The maximum atomic E-state index is 10.3. The van der Waals surface area contributed by atoms with Crippen molar-refractivity contribution < 1.29 is 22.0 Å². The molecule has 0 aromatic heterocycles. The Labute approximate surface area is 119 Å². The molecule has 0 aliphatic carbocycles. The highest BCUT2D eigenvalue weighted by molar-refractivity contribution is 7.77. The van der Waals surface area contributed by atoms with Crippen LogP contribution in [-0.2, 0) is 24.5 Å². The Morgan fingerprint density at radius 1 is 1.16 bits per heavy atom. The highest BCUT2D eigenvalue weighted by Crippen LogP contribution is 2.19. The van der Waals surface area contributed by atoms with E-state index in [-0.39, 0.29) is 0 Å². The molecule has 0 spiro atoms. The zero-order valence-corrected chi connectivity index (χ0v) is 13.7. The van der Waals surface area contributed by atoms with Gasteiger partial charge < -0.3 is 13.3 Å². The van der Waals surface area contributed by atoms with Gasteiger partial charge in [-0.2, -0.15) is 0 Å². The molecular weight excluding hydrogens is 286 g/mol. The van der Waals surface area contributed by atoms with Crippen molar-refractivity contribution in [3.63, 3.8) is 0 Å². The van der Waals surface area contributed by atoms with E-state index >= 15 is 0 Å². The SMILES string of the molecule is CCO[Si](CCCC=CNS(=O)O)(OCC)OCC. The Morgan fingerprint density at radius 2 is 1.68 bits per heavy atom. The molecule has 8 heteroatoms. The Morgan fingerprint density at radius 3 is 2.11 bits per heavy atom. The van der Waals surface area contributed by atoms with Gasteiger partial charge in [-0.15, -0.1) is 0 Å². The highest BCUT2D eigenvalue weighted by Gasteiger charge is 2.39. The van der Waals surface area contributed by atoms with Crippen LogP contribution in [0, 0.1) is 0 Å². The topological polar surface area (TPSA) is 77.0 Å². The average molecular weight is 311 g/mol. The van der Waals surface area contributed by atoms with Gasteiger partial charge in [-0.25, -0.2) is 4.21 Å². The first kappa shape index (κ1) is 18.7. The summed E-state index contributed by atoms with van der Waals surface area (Å²) in [5.74, 6) is 0. The Balaban J connectivity index is 4.16. The van der Waals surface area contributed by atoms with Gasteiger partial charge in [-0.05, 0) is 33.6 Å². The quantitative estimate of drug-likeness (QED) is 0.328. The van der Waals surface area contributed by atoms with Crippen molar-refractivity contribution >= 4 is 20.1 Å². The fourth-order valence-corrected chi connectivity index (χ4v) is 4.48. The molecule has 0 saturated heterocycles. The Hall–Kier alpha value is -0.253. The minimum atomic E-state index is -2.54. The van der Waals surface area contributed by atoms with E-state index in [0.717, 1.165) is 18.9 Å². The van der Waals surface area contributed by atoms with Crippen LogP contribution in [-0.4, -0.2) is 37.4 Å². The third-order valence-electron chi connectivity index (χ3n) is 2.23. The molecule has 0 heterocycles. The molecule has 1 atom stereocenters. The van der Waals surface area contributed by atoms with Crippen LogP contribution in [0.3, 0.4) is 0 Å². The maximum Gasteiger partial charge on any atom is 0.500 e. The largest absolute Gasteiger partial charge is 0.500 e. The summed E-state index contributed by atoms with van der Waals surface area (Å²) < 4.78 is 38.3. The highest BCUT2D eigenvalue weighted by atomic mass is 32.2. The average Bonchev–Trinajstić information content (AvgIpc) is 2.34. The van der Waals surface area contributed by atoms with Crippen molar-refractivity contribution in [3.05, 3.63) is 12.3 Å². The number of rotatable bonds is 12. The lowest BCUT2D eigenvalue weighted by atomic mass is 10.3. The third kappa shape index (κ3) is 9.31. The van der Waals surface area contributed by atoms with E-state index in [4.69, 9.17) is 17.8 Å². The van der Waals surface area contributed by atoms with Gasteiger partial charge in [0.25, 0.3) is 11.3 Å². The standard InChI is InChI=1S/C11H25NO5SSi/c1-4-15-19(16-5-2,17-6-3)11-9-7-8-10-12-18(13)14/h8,10,12H,4-7,9,11H2,1-3H3,(H,13,14). The second-order valence-electron chi connectivity index (χ2n) is 3.64. The fraction of sp³-hybridized carbons (Fsp3) is 0.818. The normalized spacial score (nSPS) is 13.9. The van der Waals surface area contributed by atoms with Crippen LogP contribution >= 0.6 is 0 Å². The lowest BCUT2D eigenvalue weighted by Crippen LogP contribution is -2.45. The van der Waals surface area contributed by atoms with Gasteiger partial charge in [0.05, 0.1) is 0 Å². The van der Waals surface area contributed by atoms with E-state index in [1.54, 1.807) is 6.08 Å². The van der Waals surface area contributed by atoms with E-state index in [9.17, 15) is 4.21 Å². The molecule has 0 fully saturated rings. The van der Waals surface area contributed by atoms with Crippen molar-refractivity contribution in [1.29, 1.82) is 0 Å². The van der Waals surface area contributed by atoms with Crippen LogP contribution in [0.4, 0.5) is 0 Å². The van der Waals surface area contributed by atoms with E-state index < -0.39 is 20.1 Å². The summed E-state index contributed by atoms with van der Waals surface area (Å²) in [6.45, 7) is 7.52. The smallest absolute Gasteiger partial charge is 0.374 e. The monoisotopic (exact) mass is 311 g/mol. The Kier molecular flexibility index (Phi) is 11.4. The fourth-order valence-electron chi connectivity index (χ4n) is 1.63. The molecule has 19 heavy (non-hydrogen) atoms. The first-order valence-corrected chi connectivity index (χ1v) is 9.58. The molecule has 2 N–H and O–H groups in total. The maximum absolute atomic E-state index is 10.3.